The van der Waals surface area contributed by atoms with Crippen LogP contribution in [-0.4, -0.2) is 22.4 Å². The Kier molecular flexibility index (Phi) is 4.07. The molecule has 1 aromatic carbocycles. The Labute approximate surface area is 110 Å². The molecule has 0 heterocycles. The second-order valence-electron chi connectivity index (χ2n) is 4.59. The first-order valence-electron chi connectivity index (χ1n) is 5.99. The molecule has 98 valence electrons. The first kappa shape index (κ1) is 13.1. The van der Waals surface area contributed by atoms with E-state index in [4.69, 9.17) is 16.7 Å². The number of amides is 1. The van der Waals surface area contributed by atoms with E-state index in [9.17, 15) is 9.18 Å². The summed E-state index contributed by atoms with van der Waals surface area (Å²) >= 11 is 5.98. The third kappa shape index (κ3) is 3.13. The van der Waals surface area contributed by atoms with E-state index in [0.717, 1.165) is 31.7 Å². The van der Waals surface area contributed by atoms with Gasteiger partial charge < -0.3 is 10.4 Å². The summed E-state index contributed by atoms with van der Waals surface area (Å²) in [7, 11) is 0. The van der Waals surface area contributed by atoms with E-state index in [-0.39, 0.29) is 22.7 Å². The van der Waals surface area contributed by atoms with Crippen molar-refractivity contribution < 1.29 is 14.3 Å². The molecule has 1 aromatic rings. The van der Waals surface area contributed by atoms with Gasteiger partial charge in [0.15, 0.2) is 0 Å². The summed E-state index contributed by atoms with van der Waals surface area (Å²) < 4.78 is 13.5. The molecule has 0 atom stereocenters. The molecule has 1 amide bonds. The number of phenolic OH excluding ortho intramolecular Hbond substituents is 1. The lowest BCUT2D eigenvalue weighted by molar-refractivity contribution is 0.0924. The van der Waals surface area contributed by atoms with E-state index >= 15 is 0 Å². The van der Waals surface area contributed by atoms with Crippen LogP contribution in [0.25, 0.3) is 0 Å². The molecule has 0 spiro atoms. The van der Waals surface area contributed by atoms with Crippen LogP contribution in [0.2, 0.25) is 0 Å². The Morgan fingerprint density at radius 2 is 2.00 bits per heavy atom. The molecule has 1 saturated carbocycles. The maximum atomic E-state index is 13.5. The minimum Gasteiger partial charge on any atom is -0.508 e. The second kappa shape index (κ2) is 5.57. The lowest BCUT2D eigenvalue weighted by atomic mass is 9.95. The van der Waals surface area contributed by atoms with Crippen molar-refractivity contribution in [3.05, 3.63) is 29.6 Å². The number of benzene rings is 1. The quantitative estimate of drug-likeness (QED) is 0.813. The SMILES string of the molecule is O=C(NC1CCC(Cl)CC1)c1ccc(O)cc1F. The van der Waals surface area contributed by atoms with E-state index in [1.54, 1.807) is 0 Å². The smallest absolute Gasteiger partial charge is 0.254 e. The zero-order chi connectivity index (χ0) is 13.1. The summed E-state index contributed by atoms with van der Waals surface area (Å²) in [6, 6.07) is 3.58. The molecule has 0 bridgehead atoms. The Bertz CT molecular complexity index is 445. The highest BCUT2D eigenvalue weighted by molar-refractivity contribution is 6.20. The van der Waals surface area contributed by atoms with Crippen LogP contribution in [-0.2, 0) is 0 Å². The third-order valence-corrected chi connectivity index (χ3v) is 3.63. The van der Waals surface area contributed by atoms with Crippen molar-refractivity contribution in [2.45, 2.75) is 37.1 Å². The summed E-state index contributed by atoms with van der Waals surface area (Å²) in [5, 5.41) is 12.1. The normalized spacial score (nSPS) is 23.7. The molecule has 1 aliphatic rings. The number of phenols is 1. The number of carbonyl (C=O) groups is 1. The number of hydrogen-bond acceptors (Lipinski definition) is 2. The van der Waals surface area contributed by atoms with Crippen LogP contribution in [0, 0.1) is 5.82 Å². The van der Waals surface area contributed by atoms with Crippen LogP contribution in [0.4, 0.5) is 4.39 Å². The third-order valence-electron chi connectivity index (χ3n) is 3.19. The van der Waals surface area contributed by atoms with Crippen LogP contribution in [0.1, 0.15) is 36.0 Å². The van der Waals surface area contributed by atoms with Crippen LogP contribution in [0.15, 0.2) is 18.2 Å². The van der Waals surface area contributed by atoms with E-state index < -0.39 is 11.7 Å². The Hall–Kier alpha value is -1.29. The summed E-state index contributed by atoms with van der Waals surface area (Å²) in [6.07, 6.45) is 3.37. The van der Waals surface area contributed by atoms with Crippen molar-refractivity contribution in [1.82, 2.24) is 5.32 Å². The van der Waals surface area contributed by atoms with Crippen LogP contribution < -0.4 is 5.32 Å². The molecule has 5 heteroatoms. The zero-order valence-corrected chi connectivity index (χ0v) is 10.6. The lowest BCUT2D eigenvalue weighted by Crippen LogP contribution is -2.38. The van der Waals surface area contributed by atoms with Crippen molar-refractivity contribution >= 4 is 17.5 Å². The van der Waals surface area contributed by atoms with Crippen molar-refractivity contribution in [3.8, 4) is 5.75 Å². The first-order valence-corrected chi connectivity index (χ1v) is 6.43. The number of halogens is 2. The highest BCUT2D eigenvalue weighted by Crippen LogP contribution is 2.23. The number of carbonyl (C=O) groups excluding carboxylic acids is 1. The highest BCUT2D eigenvalue weighted by Gasteiger charge is 2.22. The zero-order valence-electron chi connectivity index (χ0n) is 9.83. The monoisotopic (exact) mass is 271 g/mol. The van der Waals surface area contributed by atoms with Gasteiger partial charge in [-0.2, -0.15) is 0 Å². The fourth-order valence-electron chi connectivity index (χ4n) is 2.15. The lowest BCUT2D eigenvalue weighted by Gasteiger charge is -2.25. The van der Waals surface area contributed by atoms with E-state index in [1.807, 2.05) is 0 Å². The number of hydrogen-bond donors (Lipinski definition) is 2. The van der Waals surface area contributed by atoms with Crippen LogP contribution in [0.5, 0.6) is 5.75 Å². The average molecular weight is 272 g/mol. The number of nitrogens with one attached hydrogen (secondary N) is 1. The molecule has 1 fully saturated rings. The predicted octanol–water partition coefficient (Wildman–Crippen LogP) is 2.81. The average Bonchev–Trinajstić information content (AvgIpc) is 2.32. The largest absolute Gasteiger partial charge is 0.508 e. The molecule has 3 nitrogen and oxygen atoms in total. The maximum Gasteiger partial charge on any atom is 0.254 e. The molecule has 1 aliphatic carbocycles. The van der Waals surface area contributed by atoms with Gasteiger partial charge in [-0.25, -0.2) is 4.39 Å². The molecule has 0 aliphatic heterocycles. The standard InChI is InChI=1S/C13H15ClFNO2/c14-8-1-3-9(4-2-8)16-13(18)11-6-5-10(17)7-12(11)15/h5-9,17H,1-4H2,(H,16,18). The number of aromatic hydroxyl groups is 1. The van der Waals surface area contributed by atoms with Gasteiger partial charge in [-0.15, -0.1) is 11.6 Å². The fourth-order valence-corrected chi connectivity index (χ4v) is 2.40. The Morgan fingerprint density at radius 1 is 1.33 bits per heavy atom. The molecular weight excluding hydrogens is 257 g/mol. The van der Waals surface area contributed by atoms with Gasteiger partial charge in [0, 0.05) is 17.5 Å². The summed E-state index contributed by atoms with van der Waals surface area (Å²) in [5.41, 5.74) is -0.0409. The van der Waals surface area contributed by atoms with E-state index in [2.05, 4.69) is 5.32 Å². The van der Waals surface area contributed by atoms with Gasteiger partial charge in [0.2, 0.25) is 0 Å². The van der Waals surface area contributed by atoms with Gasteiger partial charge in [0.1, 0.15) is 11.6 Å². The predicted molar refractivity (Wildman–Crippen MR) is 67.4 cm³/mol. The maximum absolute atomic E-state index is 13.5. The summed E-state index contributed by atoms with van der Waals surface area (Å²) in [5.74, 6) is -1.34. The molecule has 2 N–H and O–H groups in total. The van der Waals surface area contributed by atoms with Gasteiger partial charge in [-0.3, -0.25) is 4.79 Å². The fraction of sp³-hybridized carbons (Fsp3) is 0.462. The van der Waals surface area contributed by atoms with Crippen LogP contribution in [0.3, 0.4) is 0 Å². The minimum atomic E-state index is -0.710. The minimum absolute atomic E-state index is 0.0409. The molecule has 0 radical (unpaired) electrons. The van der Waals surface area contributed by atoms with Crippen molar-refractivity contribution in [2.75, 3.05) is 0 Å². The van der Waals surface area contributed by atoms with Crippen molar-refractivity contribution in [3.63, 3.8) is 0 Å². The molecule has 0 saturated heterocycles. The molecule has 0 unspecified atom stereocenters. The summed E-state index contributed by atoms with van der Waals surface area (Å²) in [4.78, 5) is 11.9. The van der Waals surface area contributed by atoms with Gasteiger partial charge in [-0.05, 0) is 37.8 Å². The first-order chi connectivity index (χ1) is 8.56. The van der Waals surface area contributed by atoms with Gasteiger partial charge in [0.25, 0.3) is 5.91 Å². The Balaban J connectivity index is 1.99. The molecule has 2 rings (SSSR count). The van der Waals surface area contributed by atoms with Crippen molar-refractivity contribution in [1.29, 1.82) is 0 Å². The molecule has 0 aromatic heterocycles. The van der Waals surface area contributed by atoms with Crippen LogP contribution >= 0.6 is 11.6 Å². The summed E-state index contributed by atoms with van der Waals surface area (Å²) in [6.45, 7) is 0. The van der Waals surface area contributed by atoms with Gasteiger partial charge >= 0.3 is 0 Å². The van der Waals surface area contributed by atoms with E-state index in [1.165, 1.54) is 12.1 Å². The topological polar surface area (TPSA) is 49.3 Å². The molecular formula is C13H15ClFNO2. The van der Waals surface area contributed by atoms with Gasteiger partial charge in [0.05, 0.1) is 5.56 Å². The van der Waals surface area contributed by atoms with Gasteiger partial charge in [-0.1, -0.05) is 0 Å². The van der Waals surface area contributed by atoms with E-state index in [0.29, 0.717) is 0 Å². The second-order valence-corrected chi connectivity index (χ2v) is 5.20. The van der Waals surface area contributed by atoms with Crippen molar-refractivity contribution in [2.24, 2.45) is 0 Å². The number of alkyl halides is 1. The molecule has 18 heavy (non-hydrogen) atoms. The Morgan fingerprint density at radius 3 is 2.61 bits per heavy atom. The highest BCUT2D eigenvalue weighted by atomic mass is 35.5. The number of rotatable bonds is 2.